The Morgan fingerprint density at radius 3 is 2.42 bits per heavy atom. The van der Waals surface area contributed by atoms with Gasteiger partial charge in [0.2, 0.25) is 0 Å². The SMILES string of the molecule is O=C(CC1CCNCC1)C1CC1. The first kappa shape index (κ1) is 8.24. The highest BCUT2D eigenvalue weighted by Gasteiger charge is 2.30. The molecule has 2 aliphatic rings. The number of carbonyl (C=O) groups is 1. The monoisotopic (exact) mass is 167 g/mol. The molecule has 1 aliphatic heterocycles. The average molecular weight is 167 g/mol. The number of rotatable bonds is 3. The summed E-state index contributed by atoms with van der Waals surface area (Å²) in [5.74, 6) is 1.71. The molecule has 1 aliphatic carbocycles. The number of piperidine rings is 1. The van der Waals surface area contributed by atoms with Crippen LogP contribution in [0.15, 0.2) is 0 Å². The molecule has 0 radical (unpaired) electrons. The van der Waals surface area contributed by atoms with Gasteiger partial charge in [-0.1, -0.05) is 0 Å². The van der Waals surface area contributed by atoms with E-state index in [4.69, 9.17) is 0 Å². The molecule has 68 valence electrons. The van der Waals surface area contributed by atoms with Gasteiger partial charge in [0.1, 0.15) is 5.78 Å². The van der Waals surface area contributed by atoms with Gasteiger partial charge in [0.15, 0.2) is 0 Å². The van der Waals surface area contributed by atoms with Crippen LogP contribution in [0.3, 0.4) is 0 Å². The number of hydrogen-bond donors (Lipinski definition) is 1. The van der Waals surface area contributed by atoms with Gasteiger partial charge in [0, 0.05) is 12.3 Å². The van der Waals surface area contributed by atoms with E-state index in [-0.39, 0.29) is 0 Å². The van der Waals surface area contributed by atoms with E-state index in [1.54, 1.807) is 0 Å². The molecule has 1 saturated heterocycles. The van der Waals surface area contributed by atoms with Gasteiger partial charge in [-0.05, 0) is 44.7 Å². The standard InChI is InChI=1S/C10H17NO/c12-10(9-1-2-9)7-8-3-5-11-6-4-8/h8-9,11H,1-7H2. The molecule has 0 unspecified atom stereocenters. The van der Waals surface area contributed by atoms with Gasteiger partial charge < -0.3 is 5.32 Å². The van der Waals surface area contributed by atoms with Crippen molar-refractivity contribution in [2.45, 2.75) is 32.1 Å². The summed E-state index contributed by atoms with van der Waals surface area (Å²) in [5, 5.41) is 3.32. The third kappa shape index (κ3) is 2.07. The molecule has 2 rings (SSSR count). The molecule has 0 aromatic rings. The van der Waals surface area contributed by atoms with Crippen molar-refractivity contribution in [3.8, 4) is 0 Å². The number of ketones is 1. The van der Waals surface area contributed by atoms with Crippen LogP contribution in [0.4, 0.5) is 0 Å². The Morgan fingerprint density at radius 2 is 1.83 bits per heavy atom. The van der Waals surface area contributed by atoms with Crippen LogP contribution in [-0.2, 0) is 4.79 Å². The zero-order valence-electron chi connectivity index (χ0n) is 7.51. The summed E-state index contributed by atoms with van der Waals surface area (Å²) in [7, 11) is 0. The van der Waals surface area contributed by atoms with E-state index in [0.29, 0.717) is 17.6 Å². The van der Waals surface area contributed by atoms with Crippen molar-refractivity contribution in [2.24, 2.45) is 11.8 Å². The molecule has 2 nitrogen and oxygen atoms in total. The highest BCUT2D eigenvalue weighted by Crippen LogP contribution is 2.33. The summed E-state index contributed by atoms with van der Waals surface area (Å²) in [5.41, 5.74) is 0. The topological polar surface area (TPSA) is 29.1 Å². The van der Waals surface area contributed by atoms with Crippen molar-refractivity contribution >= 4 is 5.78 Å². The quantitative estimate of drug-likeness (QED) is 0.687. The lowest BCUT2D eigenvalue weighted by Crippen LogP contribution is -2.29. The highest BCUT2D eigenvalue weighted by atomic mass is 16.1. The first-order valence-corrected chi connectivity index (χ1v) is 5.09. The lowest BCUT2D eigenvalue weighted by molar-refractivity contribution is -0.121. The van der Waals surface area contributed by atoms with E-state index in [0.717, 1.165) is 19.5 Å². The van der Waals surface area contributed by atoms with Crippen LogP contribution >= 0.6 is 0 Å². The Labute approximate surface area is 73.7 Å². The van der Waals surface area contributed by atoms with Crippen molar-refractivity contribution in [1.29, 1.82) is 0 Å². The van der Waals surface area contributed by atoms with Crippen LogP contribution < -0.4 is 5.32 Å². The van der Waals surface area contributed by atoms with Crippen LogP contribution in [0.2, 0.25) is 0 Å². The van der Waals surface area contributed by atoms with Crippen molar-refractivity contribution in [3.05, 3.63) is 0 Å². The van der Waals surface area contributed by atoms with Gasteiger partial charge >= 0.3 is 0 Å². The maximum Gasteiger partial charge on any atom is 0.136 e. The van der Waals surface area contributed by atoms with Crippen LogP contribution in [0.1, 0.15) is 32.1 Å². The Hall–Kier alpha value is -0.370. The minimum atomic E-state index is 0.472. The second-order valence-electron chi connectivity index (χ2n) is 4.14. The molecule has 0 amide bonds. The maximum atomic E-state index is 11.5. The molecule has 1 saturated carbocycles. The molecule has 0 aromatic carbocycles. The second-order valence-corrected chi connectivity index (χ2v) is 4.14. The van der Waals surface area contributed by atoms with Crippen molar-refractivity contribution in [2.75, 3.05) is 13.1 Å². The van der Waals surface area contributed by atoms with Gasteiger partial charge in [-0.25, -0.2) is 0 Å². The predicted octanol–water partition coefficient (Wildman–Crippen LogP) is 1.36. The molecule has 2 heteroatoms. The average Bonchev–Trinajstić information content (AvgIpc) is 2.88. The third-order valence-corrected chi connectivity index (χ3v) is 2.98. The Balaban J connectivity index is 1.73. The van der Waals surface area contributed by atoms with Gasteiger partial charge in [-0.3, -0.25) is 4.79 Å². The van der Waals surface area contributed by atoms with Gasteiger partial charge in [-0.2, -0.15) is 0 Å². The number of hydrogen-bond acceptors (Lipinski definition) is 2. The number of Topliss-reactive ketones (excluding diaryl/α,β-unsaturated/α-hetero) is 1. The largest absolute Gasteiger partial charge is 0.317 e. The van der Waals surface area contributed by atoms with Crippen molar-refractivity contribution in [3.63, 3.8) is 0 Å². The molecule has 0 atom stereocenters. The van der Waals surface area contributed by atoms with Crippen LogP contribution in [-0.4, -0.2) is 18.9 Å². The fourth-order valence-corrected chi connectivity index (χ4v) is 1.94. The molecule has 12 heavy (non-hydrogen) atoms. The van der Waals surface area contributed by atoms with Crippen LogP contribution in [0.25, 0.3) is 0 Å². The van der Waals surface area contributed by atoms with E-state index in [1.165, 1.54) is 25.7 Å². The van der Waals surface area contributed by atoms with Crippen LogP contribution in [0.5, 0.6) is 0 Å². The Kier molecular flexibility index (Phi) is 2.45. The summed E-state index contributed by atoms with van der Waals surface area (Å²) in [6.45, 7) is 2.23. The van der Waals surface area contributed by atoms with E-state index < -0.39 is 0 Å². The third-order valence-electron chi connectivity index (χ3n) is 2.98. The molecule has 1 N–H and O–H groups in total. The molecule has 1 heterocycles. The summed E-state index contributed by atoms with van der Waals surface area (Å²) in [6, 6.07) is 0. The van der Waals surface area contributed by atoms with E-state index in [9.17, 15) is 4.79 Å². The molecule has 0 spiro atoms. The lowest BCUT2D eigenvalue weighted by atomic mass is 9.91. The Bertz CT molecular complexity index is 169. The molecule has 0 aromatic heterocycles. The van der Waals surface area contributed by atoms with E-state index >= 15 is 0 Å². The Morgan fingerprint density at radius 1 is 1.17 bits per heavy atom. The first-order chi connectivity index (χ1) is 5.86. The molecular weight excluding hydrogens is 150 g/mol. The van der Waals surface area contributed by atoms with Gasteiger partial charge in [0.05, 0.1) is 0 Å². The lowest BCUT2D eigenvalue weighted by Gasteiger charge is -2.21. The second kappa shape index (κ2) is 3.56. The first-order valence-electron chi connectivity index (χ1n) is 5.09. The highest BCUT2D eigenvalue weighted by molar-refractivity contribution is 5.83. The van der Waals surface area contributed by atoms with Gasteiger partial charge in [0.25, 0.3) is 0 Å². The number of carbonyl (C=O) groups excluding carboxylic acids is 1. The van der Waals surface area contributed by atoms with Crippen molar-refractivity contribution < 1.29 is 4.79 Å². The van der Waals surface area contributed by atoms with E-state index in [1.807, 2.05) is 0 Å². The summed E-state index contributed by atoms with van der Waals surface area (Å²) in [6.07, 6.45) is 5.62. The zero-order chi connectivity index (χ0) is 8.39. The van der Waals surface area contributed by atoms with E-state index in [2.05, 4.69) is 5.32 Å². The summed E-state index contributed by atoms with van der Waals surface area (Å²) < 4.78 is 0. The molecule has 0 bridgehead atoms. The fraction of sp³-hybridized carbons (Fsp3) is 0.900. The van der Waals surface area contributed by atoms with Crippen LogP contribution in [0, 0.1) is 11.8 Å². The zero-order valence-corrected chi connectivity index (χ0v) is 7.51. The molecular formula is C10H17NO. The minimum absolute atomic E-state index is 0.472. The summed E-state index contributed by atoms with van der Waals surface area (Å²) >= 11 is 0. The smallest absolute Gasteiger partial charge is 0.136 e. The van der Waals surface area contributed by atoms with Crippen molar-refractivity contribution in [1.82, 2.24) is 5.32 Å². The maximum absolute atomic E-state index is 11.5. The minimum Gasteiger partial charge on any atom is -0.317 e. The van der Waals surface area contributed by atoms with Gasteiger partial charge in [-0.15, -0.1) is 0 Å². The molecule has 2 fully saturated rings. The predicted molar refractivity (Wildman–Crippen MR) is 47.9 cm³/mol. The normalized spacial score (nSPS) is 25.7. The fourth-order valence-electron chi connectivity index (χ4n) is 1.94. The number of nitrogens with one attached hydrogen (secondary N) is 1. The summed E-state index contributed by atoms with van der Waals surface area (Å²) in [4.78, 5) is 11.5.